The molecular weight excluding hydrogens is 402 g/mol. The summed E-state index contributed by atoms with van der Waals surface area (Å²) in [6.07, 6.45) is 4.22. The lowest BCUT2D eigenvalue weighted by molar-refractivity contribution is -0.148. The summed E-state index contributed by atoms with van der Waals surface area (Å²) in [4.78, 5) is 30.6. The Balaban J connectivity index is 1.33. The van der Waals surface area contributed by atoms with Crippen molar-refractivity contribution >= 4 is 11.9 Å². The van der Waals surface area contributed by atoms with Crippen LogP contribution >= 0.6 is 0 Å². The predicted molar refractivity (Wildman–Crippen MR) is 123 cm³/mol. The quantitative estimate of drug-likeness (QED) is 0.802. The molecule has 3 heterocycles. The van der Waals surface area contributed by atoms with Gasteiger partial charge in [0.15, 0.2) is 0 Å². The number of nitrogens with one attached hydrogen (secondary N) is 1. The summed E-state index contributed by atoms with van der Waals surface area (Å²) in [6.45, 7) is 2.07. The fraction of sp³-hybridized carbons (Fsp3) is 0.462. The van der Waals surface area contributed by atoms with E-state index in [4.69, 9.17) is 4.74 Å². The van der Waals surface area contributed by atoms with Crippen LogP contribution in [-0.4, -0.2) is 54.5 Å². The van der Waals surface area contributed by atoms with Gasteiger partial charge in [-0.25, -0.2) is 4.79 Å². The zero-order chi connectivity index (χ0) is 22.1. The Labute approximate surface area is 189 Å². The number of methoxy groups -OCH3 is 1. The van der Waals surface area contributed by atoms with E-state index in [2.05, 4.69) is 34.5 Å². The van der Waals surface area contributed by atoms with E-state index < -0.39 is 0 Å². The maximum absolute atomic E-state index is 13.5. The van der Waals surface area contributed by atoms with Crippen LogP contribution in [0.5, 0.6) is 5.75 Å². The molecule has 0 aromatic heterocycles. The van der Waals surface area contributed by atoms with E-state index in [1.807, 2.05) is 29.2 Å². The lowest BCUT2D eigenvalue weighted by Crippen LogP contribution is -2.61. The highest BCUT2D eigenvalue weighted by atomic mass is 16.5. The van der Waals surface area contributed by atoms with Crippen LogP contribution in [0.25, 0.3) is 0 Å². The fourth-order valence-corrected chi connectivity index (χ4v) is 5.71. The SMILES string of the molecule is COc1ccc2c(c1)[C@@H]1C[C@H]3[C@H](CCCN3C(=O)NCCc3ccccc3)C(=O)N1CC2. The number of carbonyl (C=O) groups is 2. The number of nitrogens with zero attached hydrogens (tertiary/aromatic N) is 2. The summed E-state index contributed by atoms with van der Waals surface area (Å²) < 4.78 is 5.46. The van der Waals surface area contributed by atoms with Crippen LogP contribution in [0.3, 0.4) is 0 Å². The van der Waals surface area contributed by atoms with Gasteiger partial charge >= 0.3 is 6.03 Å². The zero-order valence-electron chi connectivity index (χ0n) is 18.6. The molecule has 6 heteroatoms. The molecule has 2 saturated heterocycles. The fourth-order valence-electron chi connectivity index (χ4n) is 5.71. The van der Waals surface area contributed by atoms with Gasteiger partial charge in [0, 0.05) is 25.7 Å². The number of hydrogen-bond donors (Lipinski definition) is 1. The molecule has 0 bridgehead atoms. The first-order chi connectivity index (χ1) is 15.7. The van der Waals surface area contributed by atoms with Gasteiger partial charge in [0.2, 0.25) is 5.91 Å². The summed E-state index contributed by atoms with van der Waals surface area (Å²) in [6, 6.07) is 16.3. The Morgan fingerprint density at radius 3 is 2.81 bits per heavy atom. The lowest BCUT2D eigenvalue weighted by atomic mass is 9.76. The van der Waals surface area contributed by atoms with Crippen LogP contribution in [0.15, 0.2) is 48.5 Å². The summed E-state index contributed by atoms with van der Waals surface area (Å²) in [7, 11) is 1.67. The second-order valence-corrected chi connectivity index (χ2v) is 9.07. The summed E-state index contributed by atoms with van der Waals surface area (Å²) >= 11 is 0. The number of benzene rings is 2. The number of hydrogen-bond acceptors (Lipinski definition) is 3. The third-order valence-electron chi connectivity index (χ3n) is 7.35. The molecule has 3 aliphatic rings. The highest BCUT2D eigenvalue weighted by Gasteiger charge is 2.48. The molecule has 0 unspecified atom stereocenters. The molecule has 168 valence electrons. The van der Waals surface area contributed by atoms with Crippen molar-refractivity contribution in [1.29, 1.82) is 0 Å². The first kappa shape index (κ1) is 20.9. The van der Waals surface area contributed by atoms with Gasteiger partial charge in [-0.1, -0.05) is 36.4 Å². The van der Waals surface area contributed by atoms with E-state index in [1.54, 1.807) is 7.11 Å². The van der Waals surface area contributed by atoms with Gasteiger partial charge in [-0.3, -0.25) is 4.79 Å². The molecule has 32 heavy (non-hydrogen) atoms. The van der Waals surface area contributed by atoms with Crippen molar-refractivity contribution < 1.29 is 14.3 Å². The molecule has 6 nitrogen and oxygen atoms in total. The van der Waals surface area contributed by atoms with Gasteiger partial charge in [0.1, 0.15) is 5.75 Å². The number of ether oxygens (including phenoxy) is 1. The van der Waals surface area contributed by atoms with Gasteiger partial charge in [-0.2, -0.15) is 0 Å². The first-order valence-electron chi connectivity index (χ1n) is 11.7. The normalized spacial score (nSPS) is 24.3. The number of likely N-dealkylation sites (tertiary alicyclic amines) is 1. The van der Waals surface area contributed by atoms with Gasteiger partial charge in [-0.05, 0) is 60.9 Å². The molecule has 3 aliphatic heterocycles. The van der Waals surface area contributed by atoms with Crippen molar-refractivity contribution in [2.45, 2.75) is 44.2 Å². The maximum Gasteiger partial charge on any atom is 0.317 e. The van der Waals surface area contributed by atoms with Crippen LogP contribution in [0.4, 0.5) is 4.79 Å². The van der Waals surface area contributed by atoms with E-state index in [-0.39, 0.29) is 29.9 Å². The molecule has 5 rings (SSSR count). The van der Waals surface area contributed by atoms with Crippen LogP contribution in [0.1, 0.15) is 42.0 Å². The van der Waals surface area contributed by atoms with Crippen molar-refractivity contribution in [2.24, 2.45) is 5.92 Å². The minimum absolute atomic E-state index is 0.0142. The Morgan fingerprint density at radius 2 is 2.00 bits per heavy atom. The number of urea groups is 1. The molecular formula is C26H31N3O3. The van der Waals surface area contributed by atoms with E-state index in [0.29, 0.717) is 13.1 Å². The molecule has 2 aromatic carbocycles. The van der Waals surface area contributed by atoms with E-state index in [1.165, 1.54) is 16.7 Å². The van der Waals surface area contributed by atoms with Crippen LogP contribution in [0.2, 0.25) is 0 Å². The summed E-state index contributed by atoms with van der Waals surface area (Å²) in [5.41, 5.74) is 3.67. The average molecular weight is 434 g/mol. The number of fused-ring (bicyclic) bond motifs is 4. The Bertz CT molecular complexity index is 993. The third-order valence-corrected chi connectivity index (χ3v) is 7.35. The molecule has 0 aliphatic carbocycles. The summed E-state index contributed by atoms with van der Waals surface area (Å²) in [5, 5.41) is 3.10. The van der Waals surface area contributed by atoms with Crippen molar-refractivity contribution in [3.63, 3.8) is 0 Å². The Morgan fingerprint density at radius 1 is 1.16 bits per heavy atom. The molecule has 0 spiro atoms. The van der Waals surface area contributed by atoms with Crippen LogP contribution in [0, 0.1) is 5.92 Å². The minimum Gasteiger partial charge on any atom is -0.497 e. The predicted octanol–water partition coefficient (Wildman–Crippen LogP) is 3.56. The lowest BCUT2D eigenvalue weighted by Gasteiger charge is -2.51. The smallest absolute Gasteiger partial charge is 0.317 e. The second-order valence-electron chi connectivity index (χ2n) is 9.07. The van der Waals surface area contributed by atoms with Crippen molar-refractivity contribution in [3.05, 3.63) is 65.2 Å². The van der Waals surface area contributed by atoms with Crippen LogP contribution < -0.4 is 10.1 Å². The topological polar surface area (TPSA) is 61.9 Å². The molecule has 1 N–H and O–H groups in total. The van der Waals surface area contributed by atoms with Crippen molar-refractivity contribution in [1.82, 2.24) is 15.1 Å². The number of piperidine rings is 2. The monoisotopic (exact) mass is 433 g/mol. The number of amides is 3. The van der Waals surface area contributed by atoms with E-state index >= 15 is 0 Å². The molecule has 0 saturated carbocycles. The van der Waals surface area contributed by atoms with E-state index in [0.717, 1.165) is 44.4 Å². The van der Waals surface area contributed by atoms with Gasteiger partial charge in [0.05, 0.1) is 19.1 Å². The third kappa shape index (κ3) is 3.83. The summed E-state index contributed by atoms with van der Waals surface area (Å²) in [5.74, 6) is 0.938. The number of carbonyl (C=O) groups excluding carboxylic acids is 2. The van der Waals surface area contributed by atoms with Gasteiger partial charge in [0.25, 0.3) is 0 Å². The molecule has 2 aromatic rings. The number of rotatable bonds is 4. The Kier molecular flexibility index (Phi) is 5.77. The standard InChI is InChI=1S/C26H31N3O3/c1-32-20-10-9-19-12-15-28-24(22(19)16-20)17-23-21(25(28)30)8-5-14-29(23)26(31)27-13-11-18-6-3-2-4-7-18/h2-4,6-7,9-10,16,21,23-24H,5,8,11-15,17H2,1H3,(H,27,31)/t21-,23-,24-/m0/s1. The maximum atomic E-state index is 13.5. The van der Waals surface area contributed by atoms with Gasteiger partial charge in [-0.15, -0.1) is 0 Å². The molecule has 3 atom stereocenters. The molecule has 0 radical (unpaired) electrons. The second kappa shape index (κ2) is 8.85. The van der Waals surface area contributed by atoms with Crippen molar-refractivity contribution in [2.75, 3.05) is 26.7 Å². The average Bonchev–Trinajstić information content (AvgIpc) is 2.84. The minimum atomic E-state index is -0.0907. The Hall–Kier alpha value is -3.02. The van der Waals surface area contributed by atoms with E-state index in [9.17, 15) is 9.59 Å². The van der Waals surface area contributed by atoms with Gasteiger partial charge < -0.3 is 19.9 Å². The largest absolute Gasteiger partial charge is 0.497 e. The first-order valence-corrected chi connectivity index (χ1v) is 11.7. The zero-order valence-corrected chi connectivity index (χ0v) is 18.6. The van der Waals surface area contributed by atoms with Crippen molar-refractivity contribution in [3.8, 4) is 5.75 Å². The highest BCUT2D eigenvalue weighted by Crippen LogP contribution is 2.44. The molecule has 2 fully saturated rings. The highest BCUT2D eigenvalue weighted by molar-refractivity contribution is 5.83. The van der Waals surface area contributed by atoms with Crippen LogP contribution in [-0.2, 0) is 17.6 Å². The molecule has 3 amide bonds.